The predicted octanol–water partition coefficient (Wildman–Crippen LogP) is 2.68. The van der Waals surface area contributed by atoms with E-state index in [1.165, 1.54) is 0 Å². The molecule has 0 radical (unpaired) electrons. The van der Waals surface area contributed by atoms with E-state index in [4.69, 9.17) is 11.6 Å². The predicted molar refractivity (Wildman–Crippen MR) is 77.2 cm³/mol. The molecule has 0 aromatic heterocycles. The fourth-order valence-electron chi connectivity index (χ4n) is 3.16. The van der Waals surface area contributed by atoms with Crippen LogP contribution < -0.4 is 5.32 Å². The SMILES string of the molecule is ON=C1C2CCN(CC2)C1CNc1cccc(Cl)c1. The Morgan fingerprint density at radius 3 is 2.84 bits per heavy atom. The molecule has 4 rings (SSSR count). The zero-order chi connectivity index (χ0) is 13.2. The van der Waals surface area contributed by atoms with Gasteiger partial charge < -0.3 is 10.5 Å². The number of nitrogens with zero attached hydrogens (tertiary/aromatic N) is 2. The quantitative estimate of drug-likeness (QED) is 0.661. The number of fused-ring (bicyclic) bond motifs is 3. The molecular formula is C14H18ClN3O. The van der Waals surface area contributed by atoms with Crippen LogP contribution in [0.5, 0.6) is 0 Å². The van der Waals surface area contributed by atoms with E-state index in [2.05, 4.69) is 15.4 Å². The van der Waals surface area contributed by atoms with Gasteiger partial charge in [0.25, 0.3) is 0 Å². The Morgan fingerprint density at radius 2 is 2.16 bits per heavy atom. The van der Waals surface area contributed by atoms with Crippen LogP contribution in [0.25, 0.3) is 0 Å². The van der Waals surface area contributed by atoms with E-state index in [0.717, 1.165) is 48.9 Å². The number of rotatable bonds is 3. The second-order valence-corrected chi connectivity index (χ2v) is 5.68. The maximum Gasteiger partial charge on any atom is 0.0791 e. The summed E-state index contributed by atoms with van der Waals surface area (Å²) in [6, 6.07) is 7.90. The lowest BCUT2D eigenvalue weighted by Crippen LogP contribution is -2.57. The molecule has 1 unspecified atom stereocenters. The lowest BCUT2D eigenvalue weighted by molar-refractivity contribution is 0.143. The molecular weight excluding hydrogens is 262 g/mol. The average Bonchev–Trinajstić information content (AvgIpc) is 2.46. The smallest absolute Gasteiger partial charge is 0.0791 e. The summed E-state index contributed by atoms with van der Waals surface area (Å²) in [6.45, 7) is 2.97. The highest BCUT2D eigenvalue weighted by Gasteiger charge is 2.39. The first-order chi connectivity index (χ1) is 9.28. The van der Waals surface area contributed by atoms with E-state index < -0.39 is 0 Å². The Kier molecular flexibility index (Phi) is 3.62. The summed E-state index contributed by atoms with van der Waals surface area (Å²) in [5, 5.41) is 16.9. The fourth-order valence-corrected chi connectivity index (χ4v) is 3.35. The molecule has 3 aliphatic heterocycles. The van der Waals surface area contributed by atoms with Crippen LogP contribution in [0.3, 0.4) is 0 Å². The molecule has 3 heterocycles. The maximum absolute atomic E-state index is 9.24. The van der Waals surface area contributed by atoms with E-state index in [1.807, 2.05) is 24.3 Å². The molecule has 4 nitrogen and oxygen atoms in total. The van der Waals surface area contributed by atoms with Crippen molar-refractivity contribution in [1.82, 2.24) is 4.90 Å². The Bertz CT molecular complexity index is 483. The van der Waals surface area contributed by atoms with Crippen LogP contribution in [0, 0.1) is 5.92 Å². The minimum absolute atomic E-state index is 0.205. The minimum atomic E-state index is 0.205. The summed E-state index contributed by atoms with van der Waals surface area (Å²) in [5.41, 5.74) is 1.94. The minimum Gasteiger partial charge on any atom is -0.411 e. The first-order valence-corrected chi connectivity index (χ1v) is 7.11. The van der Waals surface area contributed by atoms with Crippen molar-refractivity contribution in [3.63, 3.8) is 0 Å². The van der Waals surface area contributed by atoms with Crippen molar-refractivity contribution in [2.45, 2.75) is 18.9 Å². The van der Waals surface area contributed by atoms with Crippen LogP contribution in [-0.4, -0.2) is 41.5 Å². The van der Waals surface area contributed by atoms with Crippen molar-refractivity contribution < 1.29 is 5.21 Å². The van der Waals surface area contributed by atoms with Crippen LogP contribution in [0.15, 0.2) is 29.4 Å². The van der Waals surface area contributed by atoms with Gasteiger partial charge >= 0.3 is 0 Å². The van der Waals surface area contributed by atoms with Crippen LogP contribution in [-0.2, 0) is 0 Å². The number of oxime groups is 1. The van der Waals surface area contributed by atoms with Gasteiger partial charge in [0, 0.05) is 23.2 Å². The zero-order valence-electron chi connectivity index (χ0n) is 10.7. The van der Waals surface area contributed by atoms with Crippen LogP contribution in [0.4, 0.5) is 5.69 Å². The molecule has 0 amide bonds. The summed E-state index contributed by atoms with van der Waals surface area (Å²) < 4.78 is 0. The van der Waals surface area contributed by atoms with Gasteiger partial charge in [0.1, 0.15) is 0 Å². The van der Waals surface area contributed by atoms with Gasteiger partial charge in [-0.3, -0.25) is 4.90 Å². The summed E-state index contributed by atoms with van der Waals surface area (Å²) in [6.07, 6.45) is 2.24. The second kappa shape index (κ2) is 5.39. The summed E-state index contributed by atoms with van der Waals surface area (Å²) >= 11 is 5.97. The number of nitrogens with one attached hydrogen (secondary N) is 1. The summed E-state index contributed by atoms with van der Waals surface area (Å²) in [4.78, 5) is 2.40. The van der Waals surface area contributed by atoms with Crippen LogP contribution >= 0.6 is 11.6 Å². The van der Waals surface area contributed by atoms with Crippen LogP contribution in [0.2, 0.25) is 5.02 Å². The number of benzene rings is 1. The number of piperidine rings is 3. The van der Waals surface area contributed by atoms with Crippen molar-refractivity contribution in [3.05, 3.63) is 29.3 Å². The van der Waals surface area contributed by atoms with E-state index in [-0.39, 0.29) is 6.04 Å². The Morgan fingerprint density at radius 1 is 1.37 bits per heavy atom. The number of halogens is 1. The van der Waals surface area contributed by atoms with Crippen molar-refractivity contribution >= 4 is 23.0 Å². The molecule has 3 fully saturated rings. The molecule has 1 aromatic carbocycles. The summed E-state index contributed by atoms with van der Waals surface area (Å²) in [7, 11) is 0. The van der Waals surface area contributed by atoms with E-state index in [9.17, 15) is 5.21 Å². The van der Waals surface area contributed by atoms with Crippen molar-refractivity contribution in [3.8, 4) is 0 Å². The normalized spacial score (nSPS) is 31.6. The second-order valence-electron chi connectivity index (χ2n) is 5.24. The third-order valence-electron chi connectivity index (χ3n) is 4.17. The van der Waals surface area contributed by atoms with Gasteiger partial charge in [-0.1, -0.05) is 22.8 Å². The third-order valence-corrected chi connectivity index (χ3v) is 4.40. The van der Waals surface area contributed by atoms with Gasteiger partial charge in [0.2, 0.25) is 0 Å². The van der Waals surface area contributed by atoms with Crippen molar-refractivity contribution in [1.29, 1.82) is 0 Å². The van der Waals surface area contributed by atoms with Crippen molar-refractivity contribution in [2.24, 2.45) is 11.1 Å². The Hall–Kier alpha value is -1.26. The Labute approximate surface area is 118 Å². The van der Waals surface area contributed by atoms with Crippen LogP contribution in [0.1, 0.15) is 12.8 Å². The summed E-state index contributed by atoms with van der Waals surface area (Å²) in [5.74, 6) is 0.459. The number of anilines is 1. The lowest BCUT2D eigenvalue weighted by atomic mass is 9.81. The highest BCUT2D eigenvalue weighted by molar-refractivity contribution is 6.30. The largest absolute Gasteiger partial charge is 0.411 e. The number of hydrogen-bond acceptors (Lipinski definition) is 4. The average molecular weight is 280 g/mol. The molecule has 0 saturated carbocycles. The molecule has 0 aliphatic carbocycles. The number of hydrogen-bond donors (Lipinski definition) is 2. The van der Waals surface area contributed by atoms with Gasteiger partial charge in [-0.25, -0.2) is 0 Å². The monoisotopic (exact) mass is 279 g/mol. The standard InChI is InChI=1S/C14H18ClN3O/c15-11-2-1-3-12(8-11)16-9-13-14(17-19)10-4-6-18(13)7-5-10/h1-3,8,10,13,16,19H,4-7,9H2. The van der Waals surface area contributed by atoms with Gasteiger partial charge in [0.15, 0.2) is 0 Å². The van der Waals surface area contributed by atoms with Gasteiger partial charge in [0.05, 0.1) is 11.8 Å². The molecule has 102 valence electrons. The third kappa shape index (κ3) is 2.55. The molecule has 5 heteroatoms. The van der Waals surface area contributed by atoms with Crippen molar-refractivity contribution in [2.75, 3.05) is 25.0 Å². The van der Waals surface area contributed by atoms with E-state index in [0.29, 0.717) is 5.92 Å². The first-order valence-electron chi connectivity index (χ1n) is 6.73. The topological polar surface area (TPSA) is 47.9 Å². The molecule has 1 atom stereocenters. The lowest BCUT2D eigenvalue weighted by Gasteiger charge is -2.45. The van der Waals surface area contributed by atoms with Gasteiger partial charge in [-0.2, -0.15) is 0 Å². The van der Waals surface area contributed by atoms with E-state index >= 15 is 0 Å². The first kappa shape index (κ1) is 12.8. The molecule has 2 N–H and O–H groups in total. The molecule has 1 aromatic rings. The molecule has 2 bridgehead atoms. The molecule has 0 spiro atoms. The highest BCUT2D eigenvalue weighted by atomic mass is 35.5. The van der Waals surface area contributed by atoms with Gasteiger partial charge in [-0.15, -0.1) is 0 Å². The molecule has 3 saturated heterocycles. The highest BCUT2D eigenvalue weighted by Crippen LogP contribution is 2.30. The van der Waals surface area contributed by atoms with E-state index in [1.54, 1.807) is 0 Å². The maximum atomic E-state index is 9.24. The van der Waals surface area contributed by atoms with Gasteiger partial charge in [-0.05, 0) is 44.1 Å². The molecule has 19 heavy (non-hydrogen) atoms. The fraction of sp³-hybridized carbons (Fsp3) is 0.500. The Balaban J connectivity index is 1.69. The molecule has 3 aliphatic rings. The zero-order valence-corrected chi connectivity index (χ0v) is 11.5.